The van der Waals surface area contributed by atoms with Crippen LogP contribution >= 0.6 is 0 Å². The van der Waals surface area contributed by atoms with Crippen molar-refractivity contribution in [1.29, 1.82) is 0 Å². The van der Waals surface area contributed by atoms with Gasteiger partial charge in [-0.25, -0.2) is 4.79 Å². The van der Waals surface area contributed by atoms with Gasteiger partial charge in [0, 0.05) is 43.7 Å². The van der Waals surface area contributed by atoms with Gasteiger partial charge in [-0.05, 0) is 68.3 Å². The summed E-state index contributed by atoms with van der Waals surface area (Å²) in [6.07, 6.45) is 2.02. The summed E-state index contributed by atoms with van der Waals surface area (Å²) in [6, 6.07) is 27.5. The third kappa shape index (κ3) is 10.1. The molecule has 10 heteroatoms. The summed E-state index contributed by atoms with van der Waals surface area (Å²) in [7, 11) is 1.74. The minimum absolute atomic E-state index is 0.180. The summed E-state index contributed by atoms with van der Waals surface area (Å²) in [4.78, 5) is 44.1. The molecule has 0 spiro atoms. The molecule has 1 aliphatic rings. The van der Waals surface area contributed by atoms with Crippen molar-refractivity contribution in [2.45, 2.75) is 64.7 Å². The number of carbonyl (C=O) groups excluding carboxylic acids is 3. The molecule has 5 rings (SSSR count). The summed E-state index contributed by atoms with van der Waals surface area (Å²) in [5.41, 5.74) is 2.38. The zero-order valence-corrected chi connectivity index (χ0v) is 30.0. The average Bonchev–Trinajstić information content (AvgIpc) is 3.13. The van der Waals surface area contributed by atoms with E-state index in [4.69, 9.17) is 9.47 Å². The Balaban J connectivity index is 1.37. The van der Waals surface area contributed by atoms with Crippen molar-refractivity contribution in [3.8, 4) is 5.75 Å². The molecule has 0 unspecified atom stereocenters. The lowest BCUT2D eigenvalue weighted by Crippen LogP contribution is -2.48. The lowest BCUT2D eigenvalue weighted by Gasteiger charge is -2.35. The number of hydrogen-bond acceptors (Lipinski definition) is 6. The Labute approximate surface area is 300 Å². The molecule has 1 heterocycles. The van der Waals surface area contributed by atoms with Gasteiger partial charge < -0.3 is 35.0 Å². The fraction of sp³-hybridized carbons (Fsp3) is 0.390. The second-order valence-electron chi connectivity index (χ2n) is 13.6. The molecule has 4 atom stereocenters. The quantitative estimate of drug-likeness (QED) is 0.183. The van der Waals surface area contributed by atoms with Gasteiger partial charge in [-0.15, -0.1) is 0 Å². The van der Waals surface area contributed by atoms with Gasteiger partial charge in [0.2, 0.25) is 5.91 Å². The van der Waals surface area contributed by atoms with E-state index in [0.717, 1.165) is 41.3 Å². The summed E-state index contributed by atoms with van der Waals surface area (Å²) >= 11 is 0. The number of likely N-dealkylation sites (N-methyl/N-ethyl adjacent to an activating group) is 1. The molecule has 270 valence electrons. The van der Waals surface area contributed by atoms with E-state index in [9.17, 15) is 19.5 Å². The van der Waals surface area contributed by atoms with Crippen molar-refractivity contribution in [3.63, 3.8) is 0 Å². The fourth-order valence-electron chi connectivity index (χ4n) is 6.35. The number of benzene rings is 4. The van der Waals surface area contributed by atoms with Gasteiger partial charge in [0.15, 0.2) is 0 Å². The smallest absolute Gasteiger partial charge is 0.321 e. The van der Waals surface area contributed by atoms with E-state index in [2.05, 4.69) is 10.6 Å². The molecule has 10 nitrogen and oxygen atoms in total. The molecule has 4 aromatic rings. The van der Waals surface area contributed by atoms with Crippen molar-refractivity contribution < 1.29 is 29.0 Å². The van der Waals surface area contributed by atoms with Crippen LogP contribution in [0.15, 0.2) is 91.0 Å². The van der Waals surface area contributed by atoms with Crippen LogP contribution in [0, 0.1) is 5.92 Å². The van der Waals surface area contributed by atoms with Crippen molar-refractivity contribution in [2.24, 2.45) is 5.92 Å². The first-order chi connectivity index (χ1) is 24.6. The molecule has 4 amide bonds. The predicted molar refractivity (Wildman–Crippen MR) is 201 cm³/mol. The van der Waals surface area contributed by atoms with Crippen molar-refractivity contribution in [3.05, 3.63) is 102 Å². The lowest BCUT2D eigenvalue weighted by atomic mass is 10.0. The summed E-state index contributed by atoms with van der Waals surface area (Å²) in [5.74, 6) is -0.323. The largest absolute Gasteiger partial charge is 0.490 e. The van der Waals surface area contributed by atoms with Gasteiger partial charge in [-0.2, -0.15) is 0 Å². The van der Waals surface area contributed by atoms with E-state index < -0.39 is 12.1 Å². The third-order valence-corrected chi connectivity index (χ3v) is 9.37. The van der Waals surface area contributed by atoms with Gasteiger partial charge in [0.1, 0.15) is 5.75 Å². The molecule has 0 aromatic heterocycles. The molecule has 0 radical (unpaired) electrons. The lowest BCUT2D eigenvalue weighted by molar-refractivity contribution is -0.115. The van der Waals surface area contributed by atoms with Crippen LogP contribution in [0.25, 0.3) is 10.8 Å². The van der Waals surface area contributed by atoms with Crippen LogP contribution in [-0.4, -0.2) is 84.4 Å². The second kappa shape index (κ2) is 17.8. The Morgan fingerprint density at radius 2 is 1.71 bits per heavy atom. The molecular weight excluding hydrogens is 644 g/mol. The zero-order valence-electron chi connectivity index (χ0n) is 30.0. The van der Waals surface area contributed by atoms with Crippen molar-refractivity contribution >= 4 is 40.0 Å². The van der Waals surface area contributed by atoms with E-state index in [-0.39, 0.29) is 49.4 Å². The maximum absolute atomic E-state index is 14.4. The number of ether oxygens (including phenoxy) is 2. The summed E-state index contributed by atoms with van der Waals surface area (Å²) in [6.45, 7) is 6.55. The van der Waals surface area contributed by atoms with Crippen LogP contribution in [0.2, 0.25) is 0 Å². The molecule has 0 saturated heterocycles. The number of nitrogens with one attached hydrogen (secondary N) is 2. The normalized spacial score (nSPS) is 19.3. The topological polar surface area (TPSA) is 120 Å². The van der Waals surface area contributed by atoms with Crippen LogP contribution in [0.1, 0.15) is 56.0 Å². The first-order valence-electron chi connectivity index (χ1n) is 17.8. The maximum atomic E-state index is 14.4. The van der Waals surface area contributed by atoms with Crippen molar-refractivity contribution in [2.75, 3.05) is 44.0 Å². The minimum atomic E-state index is -0.525. The number of aliphatic hydroxyl groups excluding tert-OH is 1. The first kappa shape index (κ1) is 37.3. The van der Waals surface area contributed by atoms with Crippen LogP contribution in [0.4, 0.5) is 16.2 Å². The second-order valence-corrected chi connectivity index (χ2v) is 13.6. The van der Waals surface area contributed by atoms with Gasteiger partial charge in [-0.1, -0.05) is 73.7 Å². The molecule has 0 fully saturated rings. The standard InChI is InChI=1S/C41H50N4O6/c1-28-25-45(29(2)27-46)40(48)35-24-33(42-39(47)23-31-14-6-5-7-15-31)20-21-37(35)51-30(3)13-10-11-22-50-38(28)26-44(4)41(49)43-36-19-12-17-32-16-8-9-18-34(32)36/h5-9,12,14-21,24,28-30,38,46H,10-11,13,22-23,25-27H2,1-4H3,(H,42,47)(H,43,49)/t28-,29-,30+,38-/m1/s1. The van der Waals surface area contributed by atoms with E-state index in [1.165, 1.54) is 0 Å². The summed E-state index contributed by atoms with van der Waals surface area (Å²) in [5, 5.41) is 18.3. The molecule has 4 aromatic carbocycles. The molecule has 1 aliphatic heterocycles. The van der Waals surface area contributed by atoms with Crippen LogP contribution in [0.3, 0.4) is 0 Å². The van der Waals surface area contributed by atoms with Crippen LogP contribution in [-0.2, 0) is 16.0 Å². The highest BCUT2D eigenvalue weighted by molar-refractivity contribution is 6.02. The molecule has 0 saturated carbocycles. The highest BCUT2D eigenvalue weighted by atomic mass is 16.5. The van der Waals surface area contributed by atoms with Crippen molar-refractivity contribution in [1.82, 2.24) is 9.80 Å². The molecular formula is C41H50N4O6. The Bertz CT molecular complexity index is 1780. The Morgan fingerprint density at radius 3 is 2.49 bits per heavy atom. The third-order valence-electron chi connectivity index (χ3n) is 9.37. The van der Waals surface area contributed by atoms with E-state index in [1.807, 2.05) is 86.6 Å². The SMILES string of the molecule is C[C@@H]1CN([C@H](C)CO)C(=O)c2cc(NC(=O)Cc3ccccc3)ccc2O[C@@H](C)CCCCO[C@@H]1CN(C)C(=O)Nc1cccc2ccccc12. The molecule has 51 heavy (non-hydrogen) atoms. The minimum Gasteiger partial charge on any atom is -0.490 e. The molecule has 3 N–H and O–H groups in total. The number of anilines is 2. The molecule has 0 bridgehead atoms. The van der Waals surface area contributed by atoms with Crippen LogP contribution < -0.4 is 15.4 Å². The molecule has 0 aliphatic carbocycles. The number of rotatable bonds is 8. The van der Waals surface area contributed by atoms with Gasteiger partial charge >= 0.3 is 6.03 Å². The Kier molecular flexibility index (Phi) is 13.0. The fourth-order valence-corrected chi connectivity index (χ4v) is 6.35. The van der Waals surface area contributed by atoms with Gasteiger partial charge in [0.25, 0.3) is 5.91 Å². The van der Waals surface area contributed by atoms with Gasteiger partial charge in [-0.3, -0.25) is 9.59 Å². The maximum Gasteiger partial charge on any atom is 0.321 e. The summed E-state index contributed by atoms with van der Waals surface area (Å²) < 4.78 is 12.8. The van der Waals surface area contributed by atoms with E-state index in [1.54, 1.807) is 42.0 Å². The number of carbonyl (C=O) groups is 3. The Morgan fingerprint density at radius 1 is 0.961 bits per heavy atom. The monoisotopic (exact) mass is 694 g/mol. The predicted octanol–water partition coefficient (Wildman–Crippen LogP) is 6.98. The highest BCUT2D eigenvalue weighted by Crippen LogP contribution is 2.29. The van der Waals surface area contributed by atoms with Crippen LogP contribution in [0.5, 0.6) is 5.75 Å². The number of urea groups is 1. The number of hydrogen-bond donors (Lipinski definition) is 3. The van der Waals surface area contributed by atoms with E-state index >= 15 is 0 Å². The highest BCUT2D eigenvalue weighted by Gasteiger charge is 2.31. The number of amides is 4. The first-order valence-corrected chi connectivity index (χ1v) is 17.8. The average molecular weight is 695 g/mol. The number of nitrogens with zero attached hydrogens (tertiary/aromatic N) is 2. The Hall–Kier alpha value is -4.93. The number of aliphatic hydroxyl groups is 1. The van der Waals surface area contributed by atoms with E-state index in [0.29, 0.717) is 30.2 Å². The van der Waals surface area contributed by atoms with Gasteiger partial charge in [0.05, 0.1) is 42.5 Å². The zero-order chi connectivity index (χ0) is 36.3. The number of fused-ring (bicyclic) bond motifs is 2.